The average molecular weight is 202 g/mol. The summed E-state index contributed by atoms with van der Waals surface area (Å²) in [5.41, 5.74) is 2.15. The van der Waals surface area contributed by atoms with Gasteiger partial charge in [0.15, 0.2) is 0 Å². The van der Waals surface area contributed by atoms with Crippen LogP contribution in [0.5, 0.6) is 0 Å². The van der Waals surface area contributed by atoms with Gasteiger partial charge in [-0.1, -0.05) is 31.2 Å². The van der Waals surface area contributed by atoms with Crippen LogP contribution in [-0.4, -0.2) is 5.97 Å². The number of allylic oxidation sites excluding steroid dienone is 1. The Labute approximate surface area is 89.6 Å². The van der Waals surface area contributed by atoms with Gasteiger partial charge in [0.05, 0.1) is 6.42 Å². The van der Waals surface area contributed by atoms with Crippen molar-refractivity contribution in [1.29, 1.82) is 0 Å². The van der Waals surface area contributed by atoms with Gasteiger partial charge in [0.2, 0.25) is 0 Å². The summed E-state index contributed by atoms with van der Waals surface area (Å²) < 4.78 is 5.26. The number of carbonyl (C=O) groups excluding carboxylic acids is 1. The van der Waals surface area contributed by atoms with Crippen LogP contribution in [0, 0.1) is 0 Å². The summed E-state index contributed by atoms with van der Waals surface area (Å²) in [6.45, 7) is 2.07. The van der Waals surface area contributed by atoms with E-state index in [4.69, 9.17) is 4.74 Å². The molecule has 0 fully saturated rings. The van der Waals surface area contributed by atoms with Crippen LogP contribution in [0.25, 0.3) is 6.08 Å². The van der Waals surface area contributed by atoms with Gasteiger partial charge in [-0.2, -0.15) is 0 Å². The highest BCUT2D eigenvalue weighted by molar-refractivity contribution is 5.78. The predicted octanol–water partition coefficient (Wildman–Crippen LogP) is 2.93. The van der Waals surface area contributed by atoms with Gasteiger partial charge in [0, 0.05) is 6.42 Å². The second-order valence-electron chi connectivity index (χ2n) is 3.71. The molecule has 0 atom stereocenters. The number of benzene rings is 1. The lowest BCUT2D eigenvalue weighted by molar-refractivity contribution is -0.138. The van der Waals surface area contributed by atoms with Gasteiger partial charge >= 0.3 is 5.97 Å². The third-order valence-corrected chi connectivity index (χ3v) is 2.45. The van der Waals surface area contributed by atoms with Crippen molar-refractivity contribution in [2.75, 3.05) is 0 Å². The molecule has 1 aliphatic heterocycles. The highest BCUT2D eigenvalue weighted by Gasteiger charge is 2.14. The van der Waals surface area contributed by atoms with E-state index >= 15 is 0 Å². The summed E-state index contributed by atoms with van der Waals surface area (Å²) >= 11 is 0. The van der Waals surface area contributed by atoms with E-state index in [0.717, 1.165) is 29.7 Å². The number of rotatable bonds is 2. The molecule has 1 aliphatic rings. The van der Waals surface area contributed by atoms with E-state index < -0.39 is 0 Å². The molecule has 0 saturated heterocycles. The first-order chi connectivity index (χ1) is 7.29. The molecule has 0 spiro atoms. The fourth-order valence-electron chi connectivity index (χ4n) is 1.75. The Kier molecular flexibility index (Phi) is 2.86. The molecule has 0 aliphatic carbocycles. The summed E-state index contributed by atoms with van der Waals surface area (Å²) in [4.78, 5) is 11.5. The van der Waals surface area contributed by atoms with Crippen LogP contribution in [0.4, 0.5) is 0 Å². The molecule has 0 aromatic heterocycles. The number of carbonyl (C=O) groups is 1. The predicted molar refractivity (Wildman–Crippen MR) is 59.1 cm³/mol. The van der Waals surface area contributed by atoms with Gasteiger partial charge in [0.25, 0.3) is 0 Å². The average Bonchev–Trinajstić information content (AvgIpc) is 2.35. The lowest BCUT2D eigenvalue weighted by Crippen LogP contribution is -2.05. The number of hydrogen-bond donors (Lipinski definition) is 0. The summed E-state index contributed by atoms with van der Waals surface area (Å²) in [6, 6.07) is 7.92. The first-order valence-electron chi connectivity index (χ1n) is 5.28. The molecular formula is C13H14O2. The van der Waals surface area contributed by atoms with Crippen LogP contribution in [0.2, 0.25) is 0 Å². The fraction of sp³-hybridized carbons (Fsp3) is 0.308. The number of esters is 1. The minimum Gasteiger partial charge on any atom is -0.431 e. The largest absolute Gasteiger partial charge is 0.431 e. The number of fused-ring (bicyclic) bond motifs is 1. The highest BCUT2D eigenvalue weighted by Crippen LogP contribution is 2.21. The third kappa shape index (κ3) is 2.27. The van der Waals surface area contributed by atoms with Crippen LogP contribution in [0.3, 0.4) is 0 Å². The molecule has 0 amide bonds. The third-order valence-electron chi connectivity index (χ3n) is 2.45. The van der Waals surface area contributed by atoms with E-state index in [1.54, 1.807) is 0 Å². The minimum absolute atomic E-state index is 0.153. The zero-order valence-corrected chi connectivity index (χ0v) is 8.82. The van der Waals surface area contributed by atoms with Gasteiger partial charge in [-0.05, 0) is 23.6 Å². The van der Waals surface area contributed by atoms with Crippen molar-refractivity contribution in [3.63, 3.8) is 0 Å². The molecule has 0 unspecified atom stereocenters. The maximum absolute atomic E-state index is 11.5. The van der Waals surface area contributed by atoms with Crippen molar-refractivity contribution in [1.82, 2.24) is 0 Å². The summed E-state index contributed by atoms with van der Waals surface area (Å²) in [6.07, 6.45) is 4.16. The molecule has 0 N–H and O–H groups in total. The zero-order chi connectivity index (χ0) is 10.7. The van der Waals surface area contributed by atoms with Crippen LogP contribution in [0.15, 0.2) is 30.0 Å². The van der Waals surface area contributed by atoms with E-state index in [0.29, 0.717) is 6.42 Å². The smallest absolute Gasteiger partial charge is 0.315 e. The Hall–Kier alpha value is -1.57. The van der Waals surface area contributed by atoms with E-state index in [1.165, 1.54) is 0 Å². The van der Waals surface area contributed by atoms with Gasteiger partial charge in [0.1, 0.15) is 5.76 Å². The molecule has 0 radical (unpaired) electrons. The first-order valence-corrected chi connectivity index (χ1v) is 5.28. The highest BCUT2D eigenvalue weighted by atomic mass is 16.5. The zero-order valence-electron chi connectivity index (χ0n) is 8.82. The standard InChI is InChI=1S/C13H14O2/c1-2-5-12-8-10-6-3-4-7-11(10)9-13(14)15-12/h3-4,6-8H,2,5,9H2,1H3. The fourth-order valence-corrected chi connectivity index (χ4v) is 1.75. The van der Waals surface area contributed by atoms with E-state index in [2.05, 4.69) is 6.92 Å². The molecule has 2 heteroatoms. The number of cyclic esters (lactones) is 1. The lowest BCUT2D eigenvalue weighted by atomic mass is 10.0. The second-order valence-corrected chi connectivity index (χ2v) is 3.71. The molecule has 1 heterocycles. The quantitative estimate of drug-likeness (QED) is 0.689. The molecule has 2 rings (SSSR count). The monoisotopic (exact) mass is 202 g/mol. The number of hydrogen-bond acceptors (Lipinski definition) is 2. The van der Waals surface area contributed by atoms with Gasteiger partial charge in [-0.25, -0.2) is 0 Å². The molecule has 78 valence electrons. The molecule has 0 bridgehead atoms. The maximum atomic E-state index is 11.5. The number of ether oxygens (including phenoxy) is 1. The van der Waals surface area contributed by atoms with Gasteiger partial charge in [-0.3, -0.25) is 4.79 Å². The SMILES string of the molecule is CCCC1=Cc2ccccc2CC(=O)O1. The van der Waals surface area contributed by atoms with Gasteiger partial charge in [-0.15, -0.1) is 0 Å². The normalized spacial score (nSPS) is 15.0. The van der Waals surface area contributed by atoms with Crippen LogP contribution in [0.1, 0.15) is 30.9 Å². The lowest BCUT2D eigenvalue weighted by Gasteiger charge is -2.03. The molecule has 1 aromatic rings. The Morgan fingerprint density at radius 1 is 1.33 bits per heavy atom. The van der Waals surface area contributed by atoms with Crippen molar-refractivity contribution in [3.8, 4) is 0 Å². The van der Waals surface area contributed by atoms with Crippen LogP contribution >= 0.6 is 0 Å². The Bertz CT molecular complexity index is 405. The summed E-state index contributed by atoms with van der Waals surface area (Å²) in [5, 5.41) is 0. The summed E-state index contributed by atoms with van der Waals surface area (Å²) in [7, 11) is 0. The van der Waals surface area contributed by atoms with Crippen molar-refractivity contribution >= 4 is 12.0 Å². The van der Waals surface area contributed by atoms with Gasteiger partial charge < -0.3 is 4.74 Å². The van der Waals surface area contributed by atoms with Crippen LogP contribution in [-0.2, 0) is 16.0 Å². The van der Waals surface area contributed by atoms with Crippen molar-refractivity contribution in [2.45, 2.75) is 26.2 Å². The maximum Gasteiger partial charge on any atom is 0.315 e. The Balaban J connectivity index is 2.38. The first kappa shape index (κ1) is 9.97. The van der Waals surface area contributed by atoms with E-state index in [9.17, 15) is 4.79 Å². The van der Waals surface area contributed by atoms with Crippen molar-refractivity contribution in [3.05, 3.63) is 41.2 Å². The molecule has 1 aromatic carbocycles. The Morgan fingerprint density at radius 3 is 2.93 bits per heavy atom. The van der Waals surface area contributed by atoms with E-state index in [1.807, 2.05) is 30.3 Å². The van der Waals surface area contributed by atoms with Crippen molar-refractivity contribution in [2.24, 2.45) is 0 Å². The topological polar surface area (TPSA) is 26.3 Å². The van der Waals surface area contributed by atoms with Crippen molar-refractivity contribution < 1.29 is 9.53 Å². The van der Waals surface area contributed by atoms with Crippen LogP contribution < -0.4 is 0 Å². The molecule has 15 heavy (non-hydrogen) atoms. The molecule has 0 saturated carbocycles. The van der Waals surface area contributed by atoms with E-state index in [-0.39, 0.29) is 5.97 Å². The molecular weight excluding hydrogens is 188 g/mol. The Morgan fingerprint density at radius 2 is 2.13 bits per heavy atom. The second kappa shape index (κ2) is 4.30. The minimum atomic E-state index is -0.153. The summed E-state index contributed by atoms with van der Waals surface area (Å²) in [5.74, 6) is 0.632. The molecule has 2 nitrogen and oxygen atoms in total.